The maximum absolute atomic E-state index is 5.54. The molecule has 0 radical (unpaired) electrons. The second kappa shape index (κ2) is 6.39. The van der Waals surface area contributed by atoms with Crippen molar-refractivity contribution in [3.8, 4) is 0 Å². The van der Waals surface area contributed by atoms with Crippen molar-refractivity contribution < 1.29 is 0 Å². The highest BCUT2D eigenvalue weighted by Crippen LogP contribution is 2.20. The first-order valence-electron chi connectivity index (χ1n) is 5.79. The van der Waals surface area contributed by atoms with Crippen molar-refractivity contribution in [2.24, 2.45) is 11.7 Å². The lowest BCUT2D eigenvalue weighted by Crippen LogP contribution is -2.28. The van der Waals surface area contributed by atoms with E-state index in [0.717, 1.165) is 12.5 Å². The average Bonchev–Trinajstić information content (AvgIpc) is 2.39. The van der Waals surface area contributed by atoms with Crippen LogP contribution in [0, 0.1) is 5.92 Å². The minimum atomic E-state index is 0.864. The minimum absolute atomic E-state index is 0.864. The van der Waals surface area contributed by atoms with Crippen LogP contribution in [-0.4, -0.2) is 31.1 Å². The molecule has 0 aromatic rings. The van der Waals surface area contributed by atoms with Crippen molar-refractivity contribution in [1.82, 2.24) is 4.90 Å². The summed E-state index contributed by atoms with van der Waals surface area (Å²) in [5, 5.41) is 0. The molecule has 0 amide bonds. The van der Waals surface area contributed by atoms with Crippen LogP contribution in [0.3, 0.4) is 0 Å². The summed E-state index contributed by atoms with van der Waals surface area (Å²) in [4.78, 5) is 2.59. The molecule has 1 unspecified atom stereocenters. The SMILES string of the molecule is CCN1CCCCC(CCCN)C1. The fraction of sp³-hybridized carbons (Fsp3) is 1.00. The van der Waals surface area contributed by atoms with E-state index in [4.69, 9.17) is 5.73 Å². The molecule has 1 fully saturated rings. The third-order valence-corrected chi connectivity index (χ3v) is 3.12. The van der Waals surface area contributed by atoms with Gasteiger partial charge in [0.1, 0.15) is 0 Å². The third kappa shape index (κ3) is 4.10. The summed E-state index contributed by atoms with van der Waals surface area (Å²) in [6, 6.07) is 0. The molecule has 0 aromatic heterocycles. The van der Waals surface area contributed by atoms with Crippen LogP contribution in [0.2, 0.25) is 0 Å². The summed E-state index contributed by atoms with van der Waals surface area (Å²) in [7, 11) is 0. The summed E-state index contributed by atoms with van der Waals surface area (Å²) < 4.78 is 0. The average molecular weight is 184 g/mol. The van der Waals surface area contributed by atoms with Crippen molar-refractivity contribution in [3.63, 3.8) is 0 Å². The second-order valence-corrected chi connectivity index (χ2v) is 4.19. The smallest absolute Gasteiger partial charge is 0.000955 e. The van der Waals surface area contributed by atoms with Crippen molar-refractivity contribution in [2.45, 2.75) is 39.0 Å². The molecule has 0 bridgehead atoms. The summed E-state index contributed by atoms with van der Waals surface area (Å²) in [5.41, 5.74) is 5.54. The Hall–Kier alpha value is -0.0800. The molecule has 1 saturated heterocycles. The molecule has 0 aromatic carbocycles. The summed E-state index contributed by atoms with van der Waals surface area (Å²) >= 11 is 0. The Morgan fingerprint density at radius 1 is 1.38 bits per heavy atom. The quantitative estimate of drug-likeness (QED) is 0.722. The van der Waals surface area contributed by atoms with Crippen molar-refractivity contribution in [1.29, 1.82) is 0 Å². The molecule has 0 saturated carbocycles. The van der Waals surface area contributed by atoms with Crippen LogP contribution in [-0.2, 0) is 0 Å². The standard InChI is InChI=1S/C11H24N2/c1-2-13-9-4-3-6-11(10-13)7-5-8-12/h11H,2-10,12H2,1H3. The molecule has 0 spiro atoms. The molecular weight excluding hydrogens is 160 g/mol. The van der Waals surface area contributed by atoms with Gasteiger partial charge < -0.3 is 10.6 Å². The van der Waals surface area contributed by atoms with Gasteiger partial charge in [-0.25, -0.2) is 0 Å². The number of nitrogens with zero attached hydrogens (tertiary/aromatic N) is 1. The Morgan fingerprint density at radius 2 is 2.23 bits per heavy atom. The number of hydrogen-bond donors (Lipinski definition) is 1. The van der Waals surface area contributed by atoms with Crippen LogP contribution < -0.4 is 5.73 Å². The molecule has 0 aliphatic carbocycles. The first-order valence-corrected chi connectivity index (χ1v) is 5.79. The molecule has 1 aliphatic heterocycles. The molecule has 1 heterocycles. The van der Waals surface area contributed by atoms with E-state index in [-0.39, 0.29) is 0 Å². The van der Waals surface area contributed by atoms with Crippen molar-refractivity contribution >= 4 is 0 Å². The van der Waals surface area contributed by atoms with Crippen molar-refractivity contribution in [3.05, 3.63) is 0 Å². The van der Waals surface area contributed by atoms with Gasteiger partial charge in [-0.15, -0.1) is 0 Å². The van der Waals surface area contributed by atoms with Crippen LogP contribution in [0.1, 0.15) is 39.0 Å². The highest BCUT2D eigenvalue weighted by Gasteiger charge is 2.15. The van der Waals surface area contributed by atoms with Crippen molar-refractivity contribution in [2.75, 3.05) is 26.2 Å². The molecule has 78 valence electrons. The number of likely N-dealkylation sites (tertiary alicyclic amines) is 1. The summed E-state index contributed by atoms with van der Waals surface area (Å²) in [5.74, 6) is 0.922. The molecule has 13 heavy (non-hydrogen) atoms. The Bertz CT molecular complexity index is 125. The first-order chi connectivity index (χ1) is 6.36. The second-order valence-electron chi connectivity index (χ2n) is 4.19. The monoisotopic (exact) mass is 184 g/mol. The van der Waals surface area contributed by atoms with Gasteiger partial charge in [0.2, 0.25) is 0 Å². The minimum Gasteiger partial charge on any atom is -0.330 e. The van der Waals surface area contributed by atoms with Crippen LogP contribution in [0.15, 0.2) is 0 Å². The van der Waals surface area contributed by atoms with Crippen LogP contribution in [0.25, 0.3) is 0 Å². The lowest BCUT2D eigenvalue weighted by Gasteiger charge is -2.22. The van der Waals surface area contributed by atoms with E-state index in [9.17, 15) is 0 Å². The Morgan fingerprint density at radius 3 is 2.92 bits per heavy atom. The van der Waals surface area contributed by atoms with E-state index in [1.54, 1.807) is 0 Å². The number of nitrogens with two attached hydrogens (primary N) is 1. The molecule has 1 atom stereocenters. The van der Waals surface area contributed by atoms with E-state index >= 15 is 0 Å². The molecule has 2 N–H and O–H groups in total. The van der Waals surface area contributed by atoms with Gasteiger partial charge in [-0.2, -0.15) is 0 Å². The van der Waals surface area contributed by atoms with Gasteiger partial charge in [-0.3, -0.25) is 0 Å². The van der Waals surface area contributed by atoms with Gasteiger partial charge >= 0.3 is 0 Å². The number of hydrogen-bond acceptors (Lipinski definition) is 2. The fourth-order valence-electron chi connectivity index (χ4n) is 2.25. The van der Waals surface area contributed by atoms with Gasteiger partial charge in [0.25, 0.3) is 0 Å². The fourth-order valence-corrected chi connectivity index (χ4v) is 2.25. The van der Waals surface area contributed by atoms with Crippen LogP contribution >= 0.6 is 0 Å². The Labute approximate surface area is 82.5 Å². The Kier molecular flexibility index (Phi) is 5.40. The van der Waals surface area contributed by atoms with Gasteiger partial charge in [0.15, 0.2) is 0 Å². The van der Waals surface area contributed by atoms with E-state index in [0.29, 0.717) is 0 Å². The highest BCUT2D eigenvalue weighted by molar-refractivity contribution is 4.70. The highest BCUT2D eigenvalue weighted by atomic mass is 15.1. The lowest BCUT2D eigenvalue weighted by molar-refractivity contribution is 0.253. The van der Waals surface area contributed by atoms with E-state index < -0.39 is 0 Å². The summed E-state index contributed by atoms with van der Waals surface area (Å²) in [6.45, 7) is 6.99. The summed E-state index contributed by atoms with van der Waals surface area (Å²) in [6.07, 6.45) is 6.80. The lowest BCUT2D eigenvalue weighted by atomic mass is 9.98. The predicted octanol–water partition coefficient (Wildman–Crippen LogP) is 1.85. The van der Waals surface area contributed by atoms with Crippen LogP contribution in [0.4, 0.5) is 0 Å². The zero-order valence-electron chi connectivity index (χ0n) is 8.97. The largest absolute Gasteiger partial charge is 0.330 e. The number of rotatable bonds is 4. The molecule has 1 rings (SSSR count). The predicted molar refractivity (Wildman–Crippen MR) is 57.7 cm³/mol. The zero-order chi connectivity index (χ0) is 9.52. The topological polar surface area (TPSA) is 29.3 Å². The molecule has 1 aliphatic rings. The maximum Gasteiger partial charge on any atom is 0.000955 e. The maximum atomic E-state index is 5.54. The van der Waals surface area contributed by atoms with E-state index in [1.807, 2.05) is 0 Å². The Balaban J connectivity index is 2.26. The molecule has 2 nitrogen and oxygen atoms in total. The molecule has 2 heteroatoms. The van der Waals surface area contributed by atoms with Crippen LogP contribution in [0.5, 0.6) is 0 Å². The van der Waals surface area contributed by atoms with E-state index in [2.05, 4.69) is 11.8 Å². The normalized spacial score (nSPS) is 25.8. The van der Waals surface area contributed by atoms with E-state index in [1.165, 1.54) is 51.7 Å². The van der Waals surface area contributed by atoms with Gasteiger partial charge in [-0.05, 0) is 51.2 Å². The van der Waals surface area contributed by atoms with Gasteiger partial charge in [-0.1, -0.05) is 13.3 Å². The first kappa shape index (κ1) is 11.0. The van der Waals surface area contributed by atoms with Gasteiger partial charge in [0.05, 0.1) is 0 Å². The zero-order valence-corrected chi connectivity index (χ0v) is 8.97. The molecular formula is C11H24N2. The third-order valence-electron chi connectivity index (χ3n) is 3.12. The van der Waals surface area contributed by atoms with Gasteiger partial charge in [0, 0.05) is 6.54 Å².